The summed E-state index contributed by atoms with van der Waals surface area (Å²) in [7, 11) is -1.43. The Morgan fingerprint density at radius 1 is 1.29 bits per heavy atom. The minimum Gasteiger partial charge on any atom is -0.312 e. The second-order valence-electron chi connectivity index (χ2n) is 5.30. The van der Waals surface area contributed by atoms with E-state index in [1.165, 1.54) is 11.3 Å². The monoisotopic (exact) mass is 332 g/mol. The number of hydrazine groups is 1. The molecule has 0 aliphatic carbocycles. The van der Waals surface area contributed by atoms with E-state index in [0.29, 0.717) is 24.5 Å². The van der Waals surface area contributed by atoms with Gasteiger partial charge in [0.2, 0.25) is 0 Å². The van der Waals surface area contributed by atoms with Gasteiger partial charge in [-0.3, -0.25) is 0 Å². The minimum absolute atomic E-state index is 0.402. The Hall–Kier alpha value is -0.510. The molecule has 1 aromatic heterocycles. The number of sulfonamides is 1. The fraction of sp³-hybridized carbons (Fsp3) is 0.692. The van der Waals surface area contributed by atoms with Gasteiger partial charge in [-0.1, -0.05) is 6.92 Å². The van der Waals surface area contributed by atoms with Crippen molar-refractivity contribution >= 4 is 21.4 Å². The Kier molecular flexibility index (Phi) is 5.75. The van der Waals surface area contributed by atoms with Gasteiger partial charge in [-0.2, -0.15) is 0 Å². The highest BCUT2D eigenvalue weighted by Gasteiger charge is 2.24. The Bertz CT molecular complexity index is 563. The van der Waals surface area contributed by atoms with Gasteiger partial charge in [0.15, 0.2) is 0 Å². The quantitative estimate of drug-likeness (QED) is 0.799. The van der Waals surface area contributed by atoms with E-state index in [1.807, 2.05) is 20.9 Å². The number of likely N-dealkylation sites (N-methyl/N-ethyl adjacent to an activating group) is 1. The smallest absolute Gasteiger partial charge is 0.254 e. The number of hydrogen-bond donors (Lipinski definition) is 2. The molecular formula is C13H24N4O2S2. The summed E-state index contributed by atoms with van der Waals surface area (Å²) in [4.78, 5) is 7.19. The molecule has 0 saturated carbocycles. The highest BCUT2D eigenvalue weighted by Crippen LogP contribution is 2.25. The number of piperazine rings is 1. The van der Waals surface area contributed by atoms with Crippen molar-refractivity contribution in [1.29, 1.82) is 0 Å². The van der Waals surface area contributed by atoms with Gasteiger partial charge in [0.25, 0.3) is 10.0 Å². The van der Waals surface area contributed by atoms with Crippen LogP contribution in [-0.2, 0) is 16.6 Å². The van der Waals surface area contributed by atoms with Crippen LogP contribution in [0.1, 0.15) is 16.7 Å². The number of rotatable bonds is 6. The predicted molar refractivity (Wildman–Crippen MR) is 85.8 cm³/mol. The molecule has 1 aliphatic heterocycles. The molecule has 0 spiro atoms. The third-order valence-electron chi connectivity index (χ3n) is 3.51. The van der Waals surface area contributed by atoms with E-state index >= 15 is 0 Å². The van der Waals surface area contributed by atoms with Crippen LogP contribution in [0.2, 0.25) is 0 Å². The van der Waals surface area contributed by atoms with Gasteiger partial charge in [-0.25, -0.2) is 13.4 Å². The second-order valence-corrected chi connectivity index (χ2v) is 8.27. The molecule has 2 N–H and O–H groups in total. The standard InChI is InChI=1S/C13H24N4O2S2/c1-4-14-10-12-9-13(11(2)20-12)21(18,19)15-17-7-5-16(3)6-8-17/h9,14-15H,4-8,10H2,1-3H3. The molecule has 120 valence electrons. The van der Waals surface area contributed by atoms with Crippen LogP contribution in [0.15, 0.2) is 11.0 Å². The number of nitrogens with zero attached hydrogens (tertiary/aromatic N) is 2. The van der Waals surface area contributed by atoms with Crippen molar-refractivity contribution in [3.05, 3.63) is 15.8 Å². The topological polar surface area (TPSA) is 64.7 Å². The molecule has 21 heavy (non-hydrogen) atoms. The number of hydrogen-bond acceptors (Lipinski definition) is 6. The Morgan fingerprint density at radius 2 is 1.95 bits per heavy atom. The van der Waals surface area contributed by atoms with Gasteiger partial charge < -0.3 is 10.2 Å². The first-order valence-corrected chi connectivity index (χ1v) is 9.48. The summed E-state index contributed by atoms with van der Waals surface area (Å²) in [6.45, 7) is 8.65. The zero-order chi connectivity index (χ0) is 15.5. The molecular weight excluding hydrogens is 308 g/mol. The van der Waals surface area contributed by atoms with Crippen LogP contribution >= 0.6 is 11.3 Å². The summed E-state index contributed by atoms with van der Waals surface area (Å²) >= 11 is 1.54. The minimum atomic E-state index is -3.47. The summed E-state index contributed by atoms with van der Waals surface area (Å²) < 4.78 is 25.0. The van der Waals surface area contributed by atoms with Crippen LogP contribution in [0.25, 0.3) is 0 Å². The van der Waals surface area contributed by atoms with E-state index in [9.17, 15) is 8.42 Å². The first-order valence-electron chi connectivity index (χ1n) is 7.18. The van der Waals surface area contributed by atoms with Crippen molar-refractivity contribution in [2.24, 2.45) is 0 Å². The fourth-order valence-electron chi connectivity index (χ4n) is 2.24. The molecule has 0 bridgehead atoms. The third-order valence-corrected chi connectivity index (χ3v) is 6.20. The fourth-order valence-corrected chi connectivity index (χ4v) is 4.97. The molecule has 1 fully saturated rings. The molecule has 0 radical (unpaired) electrons. The average Bonchev–Trinajstić information content (AvgIpc) is 2.81. The molecule has 0 atom stereocenters. The van der Waals surface area contributed by atoms with Gasteiger partial charge in [-0.05, 0) is 26.6 Å². The molecule has 6 nitrogen and oxygen atoms in total. The van der Waals surface area contributed by atoms with Gasteiger partial charge >= 0.3 is 0 Å². The van der Waals surface area contributed by atoms with E-state index in [0.717, 1.165) is 29.4 Å². The molecule has 2 rings (SSSR count). The zero-order valence-electron chi connectivity index (χ0n) is 12.8. The van der Waals surface area contributed by atoms with Crippen LogP contribution in [0.5, 0.6) is 0 Å². The van der Waals surface area contributed by atoms with E-state index < -0.39 is 10.0 Å². The summed E-state index contributed by atoms with van der Waals surface area (Å²) in [6.07, 6.45) is 0. The van der Waals surface area contributed by atoms with Crippen molar-refractivity contribution < 1.29 is 8.42 Å². The highest BCUT2D eigenvalue weighted by molar-refractivity contribution is 7.89. The largest absolute Gasteiger partial charge is 0.312 e. The van der Waals surface area contributed by atoms with Gasteiger partial charge in [0, 0.05) is 42.5 Å². The second kappa shape index (κ2) is 7.17. The highest BCUT2D eigenvalue weighted by atomic mass is 32.2. The van der Waals surface area contributed by atoms with E-state index in [-0.39, 0.29) is 0 Å². The Balaban J connectivity index is 2.06. The van der Waals surface area contributed by atoms with Crippen LogP contribution in [-0.4, -0.2) is 58.1 Å². The summed E-state index contributed by atoms with van der Waals surface area (Å²) in [5.74, 6) is 0. The lowest BCUT2D eigenvalue weighted by atomic mass is 10.4. The number of thiophene rings is 1. The van der Waals surface area contributed by atoms with Gasteiger partial charge in [-0.15, -0.1) is 16.2 Å². The van der Waals surface area contributed by atoms with Crippen molar-refractivity contribution in [3.8, 4) is 0 Å². The third kappa shape index (κ3) is 4.48. The maximum atomic E-state index is 12.5. The molecule has 8 heteroatoms. The summed E-state index contributed by atoms with van der Waals surface area (Å²) in [5, 5.41) is 5.01. The van der Waals surface area contributed by atoms with E-state index in [1.54, 1.807) is 11.1 Å². The summed E-state index contributed by atoms with van der Waals surface area (Å²) in [5.41, 5.74) is 0. The molecule has 1 aromatic rings. The normalized spacial score (nSPS) is 18.2. The Labute approximate surface area is 131 Å². The average molecular weight is 332 g/mol. The van der Waals surface area contributed by atoms with Crippen LogP contribution in [0.4, 0.5) is 0 Å². The predicted octanol–water partition coefficient (Wildman–Crippen LogP) is 0.607. The van der Waals surface area contributed by atoms with Gasteiger partial charge in [0.1, 0.15) is 0 Å². The van der Waals surface area contributed by atoms with Crippen LogP contribution in [0, 0.1) is 6.92 Å². The molecule has 0 amide bonds. The molecule has 1 saturated heterocycles. The lowest BCUT2D eigenvalue weighted by molar-refractivity contribution is 0.135. The van der Waals surface area contributed by atoms with Crippen LogP contribution in [0.3, 0.4) is 0 Å². The van der Waals surface area contributed by atoms with Crippen molar-refractivity contribution in [3.63, 3.8) is 0 Å². The summed E-state index contributed by atoms with van der Waals surface area (Å²) in [6, 6.07) is 1.78. The first-order chi connectivity index (χ1) is 9.92. The first kappa shape index (κ1) is 16.9. The molecule has 2 heterocycles. The maximum absolute atomic E-state index is 12.5. The molecule has 0 aromatic carbocycles. The Morgan fingerprint density at radius 3 is 2.57 bits per heavy atom. The lowest BCUT2D eigenvalue weighted by Gasteiger charge is -2.32. The zero-order valence-corrected chi connectivity index (χ0v) is 14.5. The van der Waals surface area contributed by atoms with Gasteiger partial charge in [0.05, 0.1) is 4.90 Å². The van der Waals surface area contributed by atoms with Crippen molar-refractivity contribution in [2.75, 3.05) is 39.8 Å². The number of nitrogens with one attached hydrogen (secondary N) is 2. The molecule has 1 aliphatic rings. The van der Waals surface area contributed by atoms with Crippen molar-refractivity contribution in [2.45, 2.75) is 25.3 Å². The SMILES string of the molecule is CCNCc1cc(S(=O)(=O)NN2CCN(C)CC2)c(C)s1. The van der Waals surface area contributed by atoms with E-state index in [4.69, 9.17) is 0 Å². The van der Waals surface area contributed by atoms with Crippen molar-refractivity contribution in [1.82, 2.24) is 20.1 Å². The molecule has 0 unspecified atom stereocenters. The lowest BCUT2D eigenvalue weighted by Crippen LogP contribution is -2.52. The van der Waals surface area contributed by atoms with Crippen LogP contribution < -0.4 is 10.1 Å². The maximum Gasteiger partial charge on any atom is 0.254 e. The number of aryl methyl sites for hydroxylation is 1. The van der Waals surface area contributed by atoms with E-state index in [2.05, 4.69) is 15.0 Å².